The van der Waals surface area contributed by atoms with Crippen LogP contribution in [0.4, 0.5) is 4.39 Å². The molecule has 0 aliphatic carbocycles. The molecule has 164 valence electrons. The molecule has 4 rings (SSSR count). The van der Waals surface area contributed by atoms with Crippen LogP contribution < -0.4 is 4.74 Å². The Morgan fingerprint density at radius 1 is 1.19 bits per heavy atom. The van der Waals surface area contributed by atoms with E-state index >= 15 is 0 Å². The van der Waals surface area contributed by atoms with Gasteiger partial charge in [-0.15, -0.1) is 0 Å². The topological polar surface area (TPSA) is 85.5 Å². The summed E-state index contributed by atoms with van der Waals surface area (Å²) < 4.78 is 52.3. The highest BCUT2D eigenvalue weighted by atomic mass is 32.2. The van der Waals surface area contributed by atoms with E-state index in [1.807, 2.05) is 6.92 Å². The van der Waals surface area contributed by atoms with Gasteiger partial charge in [0.05, 0.1) is 17.1 Å². The Balaban J connectivity index is 1.44. The average Bonchev–Trinajstić information content (AvgIpc) is 3.23. The number of piperidine rings is 1. The molecule has 0 bridgehead atoms. The number of halogens is 1. The first-order chi connectivity index (χ1) is 15.0. The minimum absolute atomic E-state index is 0.0418. The lowest BCUT2D eigenvalue weighted by Gasteiger charge is -2.31. The minimum Gasteiger partial charge on any atom is -0.494 e. The normalized spacial score (nSPS) is 17.5. The molecule has 1 atom stereocenters. The fourth-order valence-electron chi connectivity index (χ4n) is 3.77. The van der Waals surface area contributed by atoms with Crippen LogP contribution >= 0.6 is 0 Å². The summed E-state index contributed by atoms with van der Waals surface area (Å²) in [5, 5.41) is 3.88. The van der Waals surface area contributed by atoms with Crippen molar-refractivity contribution in [2.24, 2.45) is 5.92 Å². The summed E-state index contributed by atoms with van der Waals surface area (Å²) in [5.41, 5.74) is 0.279. The van der Waals surface area contributed by atoms with Crippen LogP contribution in [0.15, 0.2) is 57.9 Å². The highest BCUT2D eigenvalue weighted by Gasteiger charge is 2.31. The quantitative estimate of drug-likeness (QED) is 0.548. The van der Waals surface area contributed by atoms with Crippen LogP contribution in [0.2, 0.25) is 0 Å². The van der Waals surface area contributed by atoms with E-state index in [2.05, 4.69) is 10.1 Å². The monoisotopic (exact) mass is 445 g/mol. The Labute approximate surface area is 180 Å². The molecule has 0 N–H and O–H groups in total. The van der Waals surface area contributed by atoms with Gasteiger partial charge in [-0.25, -0.2) is 12.8 Å². The summed E-state index contributed by atoms with van der Waals surface area (Å²) >= 11 is 0. The van der Waals surface area contributed by atoms with Crippen LogP contribution in [0.3, 0.4) is 0 Å². The van der Waals surface area contributed by atoms with Gasteiger partial charge in [0.15, 0.2) is 0 Å². The van der Waals surface area contributed by atoms with Crippen molar-refractivity contribution in [1.82, 2.24) is 14.4 Å². The van der Waals surface area contributed by atoms with Crippen molar-refractivity contribution in [3.63, 3.8) is 0 Å². The number of hydrogen-bond acceptors (Lipinski definition) is 6. The second-order valence-corrected chi connectivity index (χ2v) is 9.41. The largest absolute Gasteiger partial charge is 0.494 e. The molecule has 1 aliphatic heterocycles. The summed E-state index contributed by atoms with van der Waals surface area (Å²) in [6.07, 6.45) is 2.04. The van der Waals surface area contributed by atoms with Crippen molar-refractivity contribution < 1.29 is 22.1 Å². The van der Waals surface area contributed by atoms with E-state index in [-0.39, 0.29) is 22.2 Å². The van der Waals surface area contributed by atoms with E-state index in [9.17, 15) is 12.8 Å². The maximum atomic E-state index is 14.0. The first-order valence-electron chi connectivity index (χ1n) is 10.3. The number of aromatic nitrogens is 2. The first-order valence-corrected chi connectivity index (χ1v) is 11.7. The van der Waals surface area contributed by atoms with E-state index in [0.29, 0.717) is 37.8 Å². The SMILES string of the molecule is CCOc1ccc(S(=O)(=O)N2CCCC(Cc3nc(-c4ccccc4F)no3)C2)cc1. The Morgan fingerprint density at radius 2 is 1.97 bits per heavy atom. The summed E-state index contributed by atoms with van der Waals surface area (Å²) in [6, 6.07) is 12.7. The van der Waals surface area contributed by atoms with Gasteiger partial charge in [-0.3, -0.25) is 0 Å². The lowest BCUT2D eigenvalue weighted by molar-refractivity contribution is 0.247. The molecule has 1 unspecified atom stereocenters. The zero-order valence-corrected chi connectivity index (χ0v) is 18.0. The van der Waals surface area contributed by atoms with Crippen molar-refractivity contribution in [2.45, 2.75) is 31.1 Å². The lowest BCUT2D eigenvalue weighted by atomic mass is 9.96. The molecule has 1 fully saturated rings. The fourth-order valence-corrected chi connectivity index (χ4v) is 5.33. The molecule has 31 heavy (non-hydrogen) atoms. The van der Waals surface area contributed by atoms with Gasteiger partial charge in [0.25, 0.3) is 0 Å². The predicted octanol–water partition coefficient (Wildman–Crippen LogP) is 3.92. The molecule has 0 saturated carbocycles. The van der Waals surface area contributed by atoms with E-state index in [1.54, 1.807) is 42.5 Å². The molecule has 0 radical (unpaired) electrons. The van der Waals surface area contributed by atoms with E-state index in [4.69, 9.17) is 9.26 Å². The molecule has 9 heteroatoms. The summed E-state index contributed by atoms with van der Waals surface area (Å²) in [6.45, 7) is 3.23. The van der Waals surface area contributed by atoms with E-state index in [1.165, 1.54) is 10.4 Å². The Kier molecular flexibility index (Phi) is 6.33. The number of hydrogen-bond donors (Lipinski definition) is 0. The van der Waals surface area contributed by atoms with E-state index in [0.717, 1.165) is 12.8 Å². The summed E-state index contributed by atoms with van der Waals surface area (Å²) in [7, 11) is -3.60. The number of sulfonamides is 1. The van der Waals surface area contributed by atoms with E-state index < -0.39 is 15.8 Å². The molecular formula is C22H24FN3O4S. The molecule has 1 aliphatic rings. The van der Waals surface area contributed by atoms with Crippen LogP contribution in [-0.4, -0.2) is 42.6 Å². The summed E-state index contributed by atoms with van der Waals surface area (Å²) in [4.78, 5) is 4.55. The van der Waals surface area contributed by atoms with Gasteiger partial charge in [-0.1, -0.05) is 17.3 Å². The number of benzene rings is 2. The van der Waals surface area contributed by atoms with Gasteiger partial charge < -0.3 is 9.26 Å². The summed E-state index contributed by atoms with van der Waals surface area (Å²) in [5.74, 6) is 0.839. The third-order valence-corrected chi connectivity index (χ3v) is 7.18. The first kappa shape index (κ1) is 21.5. The van der Waals surface area contributed by atoms with Gasteiger partial charge in [0.2, 0.25) is 21.7 Å². The smallest absolute Gasteiger partial charge is 0.243 e. The fraction of sp³-hybridized carbons (Fsp3) is 0.364. The third-order valence-electron chi connectivity index (χ3n) is 5.30. The van der Waals surface area contributed by atoms with Gasteiger partial charge >= 0.3 is 0 Å². The number of rotatable bonds is 7. The zero-order valence-electron chi connectivity index (χ0n) is 17.2. The highest BCUT2D eigenvalue weighted by molar-refractivity contribution is 7.89. The van der Waals surface area contributed by atoms with Gasteiger partial charge in [-0.05, 0) is 62.1 Å². The Hall–Kier alpha value is -2.78. The Bertz CT molecular complexity index is 1130. The average molecular weight is 446 g/mol. The van der Waals surface area contributed by atoms with Crippen molar-refractivity contribution in [3.05, 3.63) is 60.2 Å². The zero-order chi connectivity index (χ0) is 21.8. The molecular weight excluding hydrogens is 421 g/mol. The molecule has 2 heterocycles. The molecule has 0 amide bonds. The van der Waals surface area contributed by atoms with Crippen LogP contribution in [0.5, 0.6) is 5.75 Å². The van der Waals surface area contributed by atoms with Crippen molar-refractivity contribution in [2.75, 3.05) is 19.7 Å². The predicted molar refractivity (Wildman–Crippen MR) is 112 cm³/mol. The molecule has 3 aromatic rings. The van der Waals surface area contributed by atoms with Crippen molar-refractivity contribution in [3.8, 4) is 17.1 Å². The van der Waals surface area contributed by atoms with Crippen molar-refractivity contribution >= 4 is 10.0 Å². The van der Waals surface area contributed by atoms with Crippen LogP contribution in [0.1, 0.15) is 25.7 Å². The minimum atomic E-state index is -3.60. The van der Waals surface area contributed by atoms with Crippen LogP contribution in [0, 0.1) is 11.7 Å². The molecule has 0 spiro atoms. The van der Waals surface area contributed by atoms with Crippen molar-refractivity contribution in [1.29, 1.82) is 0 Å². The molecule has 1 aromatic heterocycles. The van der Waals surface area contributed by atoms with Crippen LogP contribution in [0.25, 0.3) is 11.4 Å². The number of ether oxygens (including phenoxy) is 1. The second-order valence-electron chi connectivity index (χ2n) is 7.47. The molecule has 1 saturated heterocycles. The lowest BCUT2D eigenvalue weighted by Crippen LogP contribution is -2.40. The van der Waals surface area contributed by atoms with Crippen LogP contribution in [-0.2, 0) is 16.4 Å². The maximum Gasteiger partial charge on any atom is 0.243 e. The maximum absolute atomic E-state index is 14.0. The Morgan fingerprint density at radius 3 is 2.71 bits per heavy atom. The van der Waals surface area contributed by atoms with Gasteiger partial charge in [-0.2, -0.15) is 9.29 Å². The van der Waals surface area contributed by atoms with Gasteiger partial charge in [0.1, 0.15) is 11.6 Å². The third kappa shape index (κ3) is 4.77. The molecule has 2 aromatic carbocycles. The second kappa shape index (κ2) is 9.15. The highest BCUT2D eigenvalue weighted by Crippen LogP contribution is 2.27. The number of nitrogens with zero attached hydrogens (tertiary/aromatic N) is 3. The van der Waals surface area contributed by atoms with Gasteiger partial charge in [0, 0.05) is 19.5 Å². The standard InChI is InChI=1S/C22H24FN3O4S/c1-2-29-17-9-11-18(12-10-17)31(27,28)26-13-5-6-16(15-26)14-21-24-22(25-30-21)19-7-3-4-8-20(19)23/h3-4,7-12,16H,2,5-6,13-15H2,1H3. The molecule has 7 nitrogen and oxygen atoms in total.